The predicted octanol–water partition coefficient (Wildman–Crippen LogP) is 1.69. The van der Waals surface area contributed by atoms with Crippen molar-refractivity contribution in [3.8, 4) is 5.75 Å². The summed E-state index contributed by atoms with van der Waals surface area (Å²) in [5.41, 5.74) is 1.17. The molecule has 0 N–H and O–H groups in total. The van der Waals surface area contributed by atoms with Crippen molar-refractivity contribution >= 4 is 18.3 Å². The van der Waals surface area contributed by atoms with Gasteiger partial charge < -0.3 is 9.47 Å². The number of methoxy groups -OCH3 is 2. The van der Waals surface area contributed by atoms with Crippen LogP contribution in [0.2, 0.25) is 0 Å². The van der Waals surface area contributed by atoms with Crippen molar-refractivity contribution in [3.05, 3.63) is 35.4 Å². The number of carbonyl (C=O) groups excluding carboxylic acids is 2. The Bertz CT molecular complexity index is 421. The van der Waals surface area contributed by atoms with Crippen LogP contribution in [-0.2, 0) is 9.53 Å². The van der Waals surface area contributed by atoms with E-state index in [0.717, 1.165) is 5.56 Å². The Morgan fingerprint density at radius 1 is 1.31 bits per heavy atom. The first kappa shape index (κ1) is 12.0. The van der Waals surface area contributed by atoms with Gasteiger partial charge in [-0.1, -0.05) is 6.07 Å². The summed E-state index contributed by atoms with van der Waals surface area (Å²) in [6.45, 7) is 0. The van der Waals surface area contributed by atoms with Crippen LogP contribution in [0.25, 0.3) is 6.08 Å². The minimum absolute atomic E-state index is 0.439. The van der Waals surface area contributed by atoms with Crippen molar-refractivity contribution < 1.29 is 19.1 Å². The zero-order valence-electron chi connectivity index (χ0n) is 9.10. The largest absolute Gasteiger partial charge is 0.496 e. The van der Waals surface area contributed by atoms with Crippen LogP contribution in [0, 0.1) is 0 Å². The topological polar surface area (TPSA) is 52.6 Å². The Morgan fingerprint density at radius 2 is 2.06 bits per heavy atom. The molecule has 1 aromatic rings. The Hall–Kier alpha value is -2.10. The van der Waals surface area contributed by atoms with Crippen molar-refractivity contribution in [2.45, 2.75) is 0 Å². The van der Waals surface area contributed by atoms with Crippen LogP contribution in [0.1, 0.15) is 15.9 Å². The van der Waals surface area contributed by atoms with Gasteiger partial charge in [0.2, 0.25) is 0 Å². The highest BCUT2D eigenvalue weighted by Crippen LogP contribution is 2.18. The zero-order chi connectivity index (χ0) is 12.0. The maximum absolute atomic E-state index is 10.9. The molecule has 84 valence electrons. The molecule has 1 aromatic carbocycles. The second kappa shape index (κ2) is 5.70. The van der Waals surface area contributed by atoms with Gasteiger partial charge in [-0.3, -0.25) is 4.79 Å². The summed E-state index contributed by atoms with van der Waals surface area (Å²) in [7, 11) is 2.80. The maximum Gasteiger partial charge on any atom is 0.330 e. The highest BCUT2D eigenvalue weighted by atomic mass is 16.5. The molecule has 0 unspecified atom stereocenters. The molecule has 4 heteroatoms. The first-order valence-electron chi connectivity index (χ1n) is 4.60. The van der Waals surface area contributed by atoms with Crippen molar-refractivity contribution in [1.29, 1.82) is 0 Å². The number of esters is 1. The molecular formula is C12H12O4. The van der Waals surface area contributed by atoms with E-state index in [-0.39, 0.29) is 0 Å². The molecule has 0 saturated heterocycles. The standard InChI is InChI=1S/C12H12O4/c1-15-11-5-3-9(7-10(11)8-13)4-6-12(14)16-2/h3-8H,1-2H3. The molecule has 0 spiro atoms. The Labute approximate surface area is 93.5 Å². The quantitative estimate of drug-likeness (QED) is 0.440. The summed E-state index contributed by atoms with van der Waals surface area (Å²) < 4.78 is 9.44. The summed E-state index contributed by atoms with van der Waals surface area (Å²) in [5, 5.41) is 0. The summed E-state index contributed by atoms with van der Waals surface area (Å²) in [4.78, 5) is 21.6. The van der Waals surface area contributed by atoms with Gasteiger partial charge in [0.1, 0.15) is 5.75 Å². The third-order valence-electron chi connectivity index (χ3n) is 1.99. The average Bonchev–Trinajstić information content (AvgIpc) is 2.35. The van der Waals surface area contributed by atoms with Crippen molar-refractivity contribution in [3.63, 3.8) is 0 Å². The van der Waals surface area contributed by atoms with Gasteiger partial charge in [-0.25, -0.2) is 4.79 Å². The number of aldehydes is 1. The molecule has 4 nitrogen and oxygen atoms in total. The zero-order valence-corrected chi connectivity index (χ0v) is 9.10. The second-order valence-electron chi connectivity index (χ2n) is 2.98. The predicted molar refractivity (Wildman–Crippen MR) is 59.4 cm³/mol. The summed E-state index contributed by atoms with van der Waals surface area (Å²) in [6.07, 6.45) is 3.56. The van der Waals surface area contributed by atoms with Crippen LogP contribution in [0.4, 0.5) is 0 Å². The molecule has 0 radical (unpaired) electrons. The summed E-state index contributed by atoms with van der Waals surface area (Å²) >= 11 is 0. The molecule has 0 amide bonds. The molecule has 1 rings (SSSR count). The van der Waals surface area contributed by atoms with Crippen molar-refractivity contribution in [1.82, 2.24) is 0 Å². The van der Waals surface area contributed by atoms with Gasteiger partial charge in [0.05, 0.1) is 19.8 Å². The number of hydrogen-bond donors (Lipinski definition) is 0. The van der Waals surface area contributed by atoms with Gasteiger partial charge >= 0.3 is 5.97 Å². The van der Waals surface area contributed by atoms with E-state index in [1.807, 2.05) is 0 Å². The fraction of sp³-hybridized carbons (Fsp3) is 0.167. The van der Waals surface area contributed by atoms with E-state index < -0.39 is 5.97 Å². The lowest BCUT2D eigenvalue weighted by atomic mass is 10.1. The maximum atomic E-state index is 10.9. The molecule has 0 aliphatic rings. The van der Waals surface area contributed by atoms with E-state index in [1.54, 1.807) is 24.3 Å². The van der Waals surface area contributed by atoms with Gasteiger partial charge in [-0.2, -0.15) is 0 Å². The monoisotopic (exact) mass is 220 g/mol. The molecule has 0 fully saturated rings. The Morgan fingerprint density at radius 3 is 2.62 bits per heavy atom. The smallest absolute Gasteiger partial charge is 0.330 e. The lowest BCUT2D eigenvalue weighted by molar-refractivity contribution is -0.134. The normalized spacial score (nSPS) is 10.1. The van der Waals surface area contributed by atoms with Gasteiger partial charge in [0, 0.05) is 6.08 Å². The number of rotatable bonds is 4. The molecule has 0 heterocycles. The Kier molecular flexibility index (Phi) is 4.27. The lowest BCUT2D eigenvalue weighted by Gasteiger charge is -2.03. The fourth-order valence-corrected chi connectivity index (χ4v) is 1.18. The molecule has 16 heavy (non-hydrogen) atoms. The summed E-state index contributed by atoms with van der Waals surface area (Å²) in [6, 6.07) is 5.04. The van der Waals surface area contributed by atoms with Gasteiger partial charge in [-0.15, -0.1) is 0 Å². The molecular weight excluding hydrogens is 208 g/mol. The van der Waals surface area contributed by atoms with Crippen LogP contribution in [-0.4, -0.2) is 26.5 Å². The van der Waals surface area contributed by atoms with Crippen molar-refractivity contribution in [2.75, 3.05) is 14.2 Å². The van der Waals surface area contributed by atoms with Crippen LogP contribution in [0.15, 0.2) is 24.3 Å². The van der Waals surface area contributed by atoms with Gasteiger partial charge in [-0.05, 0) is 23.8 Å². The van der Waals surface area contributed by atoms with E-state index in [0.29, 0.717) is 17.6 Å². The van der Waals surface area contributed by atoms with Crippen molar-refractivity contribution in [2.24, 2.45) is 0 Å². The first-order valence-corrected chi connectivity index (χ1v) is 4.60. The molecule has 0 atom stereocenters. The van der Waals surface area contributed by atoms with Crippen LogP contribution in [0.3, 0.4) is 0 Å². The van der Waals surface area contributed by atoms with Gasteiger partial charge in [0.25, 0.3) is 0 Å². The van der Waals surface area contributed by atoms with E-state index in [2.05, 4.69) is 4.74 Å². The van der Waals surface area contributed by atoms with E-state index in [9.17, 15) is 9.59 Å². The molecule has 0 aromatic heterocycles. The lowest BCUT2D eigenvalue weighted by Crippen LogP contribution is -1.94. The SMILES string of the molecule is COC(=O)C=Cc1ccc(OC)c(C=O)c1. The minimum atomic E-state index is -0.441. The first-order chi connectivity index (χ1) is 7.71. The third-order valence-corrected chi connectivity index (χ3v) is 1.99. The molecule has 0 bridgehead atoms. The van der Waals surface area contributed by atoms with E-state index in [1.165, 1.54) is 20.3 Å². The highest BCUT2D eigenvalue weighted by Gasteiger charge is 2.01. The third kappa shape index (κ3) is 2.95. The number of benzene rings is 1. The minimum Gasteiger partial charge on any atom is -0.496 e. The van der Waals surface area contributed by atoms with Crippen LogP contribution < -0.4 is 4.74 Å². The average molecular weight is 220 g/mol. The summed E-state index contributed by atoms with van der Waals surface area (Å²) in [5.74, 6) is 0.0636. The van der Waals surface area contributed by atoms with Crippen LogP contribution in [0.5, 0.6) is 5.75 Å². The number of carbonyl (C=O) groups is 2. The molecule has 0 aliphatic heterocycles. The highest BCUT2D eigenvalue weighted by molar-refractivity contribution is 5.88. The van der Waals surface area contributed by atoms with Gasteiger partial charge in [0.15, 0.2) is 6.29 Å². The molecule has 0 aliphatic carbocycles. The van der Waals surface area contributed by atoms with E-state index in [4.69, 9.17) is 4.74 Å². The second-order valence-corrected chi connectivity index (χ2v) is 2.98. The Balaban J connectivity index is 2.95. The number of hydrogen-bond acceptors (Lipinski definition) is 4. The fourth-order valence-electron chi connectivity index (χ4n) is 1.18. The van der Waals surface area contributed by atoms with E-state index >= 15 is 0 Å². The number of ether oxygens (including phenoxy) is 2. The molecule has 0 saturated carbocycles. The van der Waals surface area contributed by atoms with Crippen LogP contribution >= 0.6 is 0 Å².